The lowest BCUT2D eigenvalue weighted by Crippen LogP contribution is -2.51. The number of amides is 1. The Morgan fingerprint density at radius 3 is 2.57 bits per heavy atom. The molecule has 2 fully saturated rings. The Labute approximate surface area is 136 Å². The number of piperazine rings is 1. The fraction of sp³-hybridized carbons (Fsp3) is 0.588. The molecule has 0 aliphatic carbocycles. The van der Waals surface area contributed by atoms with Crippen LogP contribution in [-0.4, -0.2) is 57.2 Å². The molecular weight excluding hydrogens is 297 g/mol. The summed E-state index contributed by atoms with van der Waals surface area (Å²) < 4.78 is 18.6. The summed E-state index contributed by atoms with van der Waals surface area (Å²) in [5.74, 6) is 0.703. The molecule has 2 aliphatic heterocycles. The SMILES string of the molecule is COc1cc(F)ccc1N1CCN(C(=O)C2CCNCC2)CC1. The predicted octanol–water partition coefficient (Wildman–Crippen LogP) is 1.48. The molecule has 0 unspecified atom stereocenters. The summed E-state index contributed by atoms with van der Waals surface area (Å²) in [7, 11) is 1.55. The lowest BCUT2D eigenvalue weighted by molar-refractivity contribution is -0.136. The molecule has 23 heavy (non-hydrogen) atoms. The Hall–Kier alpha value is -1.82. The first-order valence-electron chi connectivity index (χ1n) is 8.27. The highest BCUT2D eigenvalue weighted by molar-refractivity contribution is 5.79. The lowest BCUT2D eigenvalue weighted by Gasteiger charge is -2.38. The summed E-state index contributed by atoms with van der Waals surface area (Å²) in [6.07, 6.45) is 1.87. The van der Waals surface area contributed by atoms with Gasteiger partial charge < -0.3 is 19.9 Å². The van der Waals surface area contributed by atoms with Gasteiger partial charge in [-0.2, -0.15) is 0 Å². The molecule has 6 heteroatoms. The number of carbonyl (C=O) groups is 1. The first kappa shape index (κ1) is 16.1. The van der Waals surface area contributed by atoms with Crippen LogP contribution in [0.4, 0.5) is 10.1 Å². The van der Waals surface area contributed by atoms with Gasteiger partial charge in [0.15, 0.2) is 0 Å². The molecule has 1 amide bonds. The van der Waals surface area contributed by atoms with Crippen LogP contribution in [0.15, 0.2) is 18.2 Å². The highest BCUT2D eigenvalue weighted by atomic mass is 19.1. The largest absolute Gasteiger partial charge is 0.494 e. The average molecular weight is 321 g/mol. The van der Waals surface area contributed by atoms with Gasteiger partial charge in [-0.05, 0) is 38.1 Å². The Morgan fingerprint density at radius 1 is 1.22 bits per heavy atom. The molecule has 5 nitrogen and oxygen atoms in total. The molecule has 1 aromatic rings. The minimum atomic E-state index is -0.301. The van der Waals surface area contributed by atoms with Crippen LogP contribution in [-0.2, 0) is 4.79 Å². The van der Waals surface area contributed by atoms with Crippen molar-refractivity contribution in [1.82, 2.24) is 10.2 Å². The maximum atomic E-state index is 13.3. The number of carbonyl (C=O) groups excluding carboxylic acids is 1. The summed E-state index contributed by atoms with van der Waals surface area (Å²) >= 11 is 0. The Kier molecular flexibility index (Phi) is 5.00. The minimum absolute atomic E-state index is 0.170. The topological polar surface area (TPSA) is 44.8 Å². The van der Waals surface area contributed by atoms with Gasteiger partial charge in [-0.1, -0.05) is 0 Å². The van der Waals surface area contributed by atoms with E-state index in [0.29, 0.717) is 18.8 Å². The molecule has 0 spiro atoms. The number of hydrogen-bond acceptors (Lipinski definition) is 4. The number of nitrogens with one attached hydrogen (secondary N) is 1. The molecule has 2 aliphatic rings. The number of rotatable bonds is 3. The summed E-state index contributed by atoms with van der Waals surface area (Å²) in [5, 5.41) is 3.29. The van der Waals surface area contributed by atoms with Gasteiger partial charge in [0.1, 0.15) is 11.6 Å². The molecule has 0 atom stereocenters. The van der Waals surface area contributed by atoms with Crippen molar-refractivity contribution in [3.05, 3.63) is 24.0 Å². The normalized spacial score (nSPS) is 19.7. The number of benzene rings is 1. The van der Waals surface area contributed by atoms with E-state index in [2.05, 4.69) is 10.2 Å². The Morgan fingerprint density at radius 2 is 1.91 bits per heavy atom. The third kappa shape index (κ3) is 3.58. The third-order valence-corrected chi connectivity index (χ3v) is 4.76. The monoisotopic (exact) mass is 321 g/mol. The highest BCUT2D eigenvalue weighted by Gasteiger charge is 2.29. The van der Waals surface area contributed by atoms with E-state index >= 15 is 0 Å². The smallest absolute Gasteiger partial charge is 0.225 e. The summed E-state index contributed by atoms with van der Waals surface area (Å²) in [6, 6.07) is 4.60. The van der Waals surface area contributed by atoms with Crippen molar-refractivity contribution in [1.29, 1.82) is 0 Å². The van der Waals surface area contributed by atoms with E-state index in [9.17, 15) is 9.18 Å². The zero-order valence-electron chi connectivity index (χ0n) is 13.6. The summed E-state index contributed by atoms with van der Waals surface area (Å²) in [4.78, 5) is 16.7. The Bertz CT molecular complexity index is 553. The number of anilines is 1. The summed E-state index contributed by atoms with van der Waals surface area (Å²) in [6.45, 7) is 4.79. The van der Waals surface area contributed by atoms with Crippen LogP contribution >= 0.6 is 0 Å². The number of ether oxygens (including phenoxy) is 1. The van der Waals surface area contributed by atoms with Gasteiger partial charge in [-0.15, -0.1) is 0 Å². The van der Waals surface area contributed by atoms with Crippen LogP contribution in [0.25, 0.3) is 0 Å². The van der Waals surface area contributed by atoms with E-state index < -0.39 is 0 Å². The maximum absolute atomic E-state index is 13.3. The zero-order chi connectivity index (χ0) is 16.2. The van der Waals surface area contributed by atoms with Crippen LogP contribution in [0.1, 0.15) is 12.8 Å². The van der Waals surface area contributed by atoms with E-state index in [4.69, 9.17) is 4.74 Å². The van der Waals surface area contributed by atoms with Crippen molar-refractivity contribution < 1.29 is 13.9 Å². The van der Waals surface area contributed by atoms with Gasteiger partial charge in [0, 0.05) is 38.2 Å². The maximum Gasteiger partial charge on any atom is 0.225 e. The second-order valence-corrected chi connectivity index (χ2v) is 6.15. The second kappa shape index (κ2) is 7.17. The molecule has 126 valence electrons. The lowest BCUT2D eigenvalue weighted by atomic mass is 9.96. The van der Waals surface area contributed by atoms with Crippen LogP contribution in [0.3, 0.4) is 0 Å². The van der Waals surface area contributed by atoms with Crippen LogP contribution < -0.4 is 15.0 Å². The van der Waals surface area contributed by atoms with Gasteiger partial charge in [-0.25, -0.2) is 4.39 Å². The molecule has 0 bridgehead atoms. The zero-order valence-corrected chi connectivity index (χ0v) is 13.6. The molecular formula is C17H24FN3O2. The van der Waals surface area contributed by atoms with Crippen LogP contribution in [0.5, 0.6) is 5.75 Å². The molecule has 3 rings (SSSR count). The molecule has 0 saturated carbocycles. The molecule has 2 heterocycles. The number of halogens is 1. The Balaban J connectivity index is 1.61. The molecule has 0 radical (unpaired) electrons. The van der Waals surface area contributed by atoms with E-state index in [-0.39, 0.29) is 17.6 Å². The van der Waals surface area contributed by atoms with E-state index in [1.807, 2.05) is 4.90 Å². The van der Waals surface area contributed by atoms with E-state index in [1.54, 1.807) is 13.2 Å². The van der Waals surface area contributed by atoms with Gasteiger partial charge in [0.25, 0.3) is 0 Å². The predicted molar refractivity (Wildman–Crippen MR) is 87.3 cm³/mol. The summed E-state index contributed by atoms with van der Waals surface area (Å²) in [5.41, 5.74) is 0.892. The first-order chi connectivity index (χ1) is 11.2. The fourth-order valence-electron chi connectivity index (χ4n) is 3.41. The highest BCUT2D eigenvalue weighted by Crippen LogP contribution is 2.30. The van der Waals surface area contributed by atoms with Gasteiger partial charge in [0.05, 0.1) is 12.8 Å². The standard InChI is InChI=1S/C17H24FN3O2/c1-23-16-12-14(18)2-3-15(16)20-8-10-21(11-9-20)17(22)13-4-6-19-7-5-13/h2-3,12-13,19H,4-11H2,1H3. The molecule has 0 aromatic heterocycles. The van der Waals surface area contributed by atoms with Gasteiger partial charge >= 0.3 is 0 Å². The van der Waals surface area contributed by atoms with Crippen molar-refractivity contribution in [3.63, 3.8) is 0 Å². The van der Waals surface area contributed by atoms with Crippen molar-refractivity contribution in [2.75, 3.05) is 51.3 Å². The molecule has 1 aromatic carbocycles. The molecule has 2 saturated heterocycles. The van der Waals surface area contributed by atoms with Gasteiger partial charge in [-0.3, -0.25) is 4.79 Å². The quantitative estimate of drug-likeness (QED) is 0.916. The third-order valence-electron chi connectivity index (χ3n) is 4.76. The fourth-order valence-corrected chi connectivity index (χ4v) is 3.41. The van der Waals surface area contributed by atoms with Gasteiger partial charge in [0.2, 0.25) is 5.91 Å². The average Bonchev–Trinajstić information content (AvgIpc) is 2.62. The number of piperidine rings is 1. The van der Waals surface area contributed by atoms with E-state index in [0.717, 1.165) is 44.7 Å². The van der Waals surface area contributed by atoms with Crippen molar-refractivity contribution in [2.45, 2.75) is 12.8 Å². The van der Waals surface area contributed by atoms with E-state index in [1.165, 1.54) is 12.1 Å². The van der Waals surface area contributed by atoms with Crippen molar-refractivity contribution >= 4 is 11.6 Å². The van der Waals surface area contributed by atoms with Crippen LogP contribution in [0, 0.1) is 11.7 Å². The minimum Gasteiger partial charge on any atom is -0.494 e. The van der Waals surface area contributed by atoms with Crippen LogP contribution in [0.2, 0.25) is 0 Å². The number of nitrogens with zero attached hydrogens (tertiary/aromatic N) is 2. The van der Waals surface area contributed by atoms with Crippen molar-refractivity contribution in [2.24, 2.45) is 5.92 Å². The van der Waals surface area contributed by atoms with Crippen molar-refractivity contribution in [3.8, 4) is 5.75 Å². The molecule has 1 N–H and O–H groups in total. The number of methoxy groups -OCH3 is 1. The second-order valence-electron chi connectivity index (χ2n) is 6.15. The first-order valence-corrected chi connectivity index (χ1v) is 8.27. The number of hydrogen-bond donors (Lipinski definition) is 1.